The number of carbonyl (C=O) groups excluding carboxylic acids is 2. The van der Waals surface area contributed by atoms with Gasteiger partial charge in [0.15, 0.2) is 10.3 Å². The molecular weight excluding hydrogens is 516 g/mol. The fourth-order valence-corrected chi connectivity index (χ4v) is 4.69. The minimum atomic E-state index is -0.743. The van der Waals surface area contributed by atoms with Gasteiger partial charge in [-0.1, -0.05) is 0 Å². The van der Waals surface area contributed by atoms with Crippen molar-refractivity contribution in [3.63, 3.8) is 0 Å². The normalized spacial score (nSPS) is 10.9. The molecule has 0 saturated heterocycles. The highest BCUT2D eigenvalue weighted by molar-refractivity contribution is 7.14. The van der Waals surface area contributed by atoms with Gasteiger partial charge in [0.1, 0.15) is 23.3 Å². The maximum atomic E-state index is 13.9. The van der Waals surface area contributed by atoms with Crippen molar-refractivity contribution in [1.82, 2.24) is 9.97 Å². The van der Waals surface area contributed by atoms with Crippen molar-refractivity contribution in [3.05, 3.63) is 70.4 Å². The van der Waals surface area contributed by atoms with Gasteiger partial charge in [-0.2, -0.15) is 0 Å². The van der Waals surface area contributed by atoms with E-state index in [1.54, 1.807) is 10.8 Å². The first-order valence-corrected chi connectivity index (χ1v) is 12.5. The largest absolute Gasteiger partial charge is 0.302 e. The summed E-state index contributed by atoms with van der Waals surface area (Å²) >= 11 is 2.23. The third-order valence-electron chi connectivity index (χ3n) is 4.97. The van der Waals surface area contributed by atoms with Crippen LogP contribution < -0.4 is 10.6 Å². The number of aromatic nitrogens is 2. The van der Waals surface area contributed by atoms with E-state index in [-0.39, 0.29) is 57.4 Å². The number of rotatable bonds is 9. The minimum Gasteiger partial charge on any atom is -0.302 e. The smallest absolute Gasteiger partial charge is 0.226 e. The summed E-state index contributed by atoms with van der Waals surface area (Å²) in [5, 5.41) is 8.94. The Morgan fingerprint density at radius 2 is 1.11 bits per heavy atom. The molecule has 186 valence electrons. The van der Waals surface area contributed by atoms with Gasteiger partial charge in [0, 0.05) is 46.9 Å². The molecule has 36 heavy (non-hydrogen) atoms. The summed E-state index contributed by atoms with van der Waals surface area (Å²) in [7, 11) is 0. The van der Waals surface area contributed by atoms with Crippen LogP contribution in [0.1, 0.15) is 25.7 Å². The van der Waals surface area contributed by atoms with E-state index in [9.17, 15) is 27.2 Å². The lowest BCUT2D eigenvalue weighted by Gasteiger charge is -2.03. The molecule has 0 aliphatic rings. The fourth-order valence-electron chi connectivity index (χ4n) is 3.24. The van der Waals surface area contributed by atoms with Gasteiger partial charge in [-0.15, -0.1) is 22.7 Å². The van der Waals surface area contributed by atoms with Crippen molar-refractivity contribution < 1.29 is 27.2 Å². The average molecular weight is 535 g/mol. The molecule has 12 heteroatoms. The van der Waals surface area contributed by atoms with E-state index >= 15 is 0 Å². The van der Waals surface area contributed by atoms with Crippen molar-refractivity contribution in [2.75, 3.05) is 10.6 Å². The molecule has 0 radical (unpaired) electrons. The molecule has 4 aromatic rings. The molecule has 2 aromatic carbocycles. The molecule has 0 aliphatic heterocycles. The summed E-state index contributed by atoms with van der Waals surface area (Å²) in [5.74, 6) is -3.47. The molecular formula is C24H18F4N4O2S2. The van der Waals surface area contributed by atoms with Crippen LogP contribution in [0, 0.1) is 23.3 Å². The van der Waals surface area contributed by atoms with E-state index in [1.165, 1.54) is 12.1 Å². The average Bonchev–Trinajstić information content (AvgIpc) is 3.46. The monoisotopic (exact) mass is 534 g/mol. The Bertz CT molecular complexity index is 1300. The predicted octanol–water partition coefficient (Wildman–Crippen LogP) is 6.63. The zero-order valence-electron chi connectivity index (χ0n) is 18.5. The first kappa shape index (κ1) is 25.5. The topological polar surface area (TPSA) is 84.0 Å². The highest BCUT2D eigenvalue weighted by Crippen LogP contribution is 2.29. The minimum absolute atomic E-state index is 0.134. The van der Waals surface area contributed by atoms with Crippen LogP contribution in [0.4, 0.5) is 27.8 Å². The Morgan fingerprint density at radius 3 is 1.50 bits per heavy atom. The van der Waals surface area contributed by atoms with Crippen molar-refractivity contribution in [3.8, 4) is 22.5 Å². The van der Waals surface area contributed by atoms with E-state index in [0.29, 0.717) is 12.8 Å². The summed E-state index contributed by atoms with van der Waals surface area (Å²) < 4.78 is 53.9. The second-order valence-corrected chi connectivity index (χ2v) is 9.34. The Hall–Kier alpha value is -3.64. The molecule has 2 N–H and O–H groups in total. The quantitative estimate of drug-likeness (QED) is 0.187. The van der Waals surface area contributed by atoms with Crippen LogP contribution in [-0.2, 0) is 9.59 Å². The highest BCUT2D eigenvalue weighted by atomic mass is 32.1. The summed E-state index contributed by atoms with van der Waals surface area (Å²) in [6, 6.07) is 6.35. The van der Waals surface area contributed by atoms with Gasteiger partial charge >= 0.3 is 0 Å². The molecule has 0 saturated carbocycles. The van der Waals surface area contributed by atoms with E-state index < -0.39 is 23.3 Å². The molecule has 6 nitrogen and oxygen atoms in total. The van der Waals surface area contributed by atoms with E-state index in [1.807, 2.05) is 0 Å². The summed E-state index contributed by atoms with van der Waals surface area (Å²) in [6.45, 7) is 0. The number of amides is 2. The van der Waals surface area contributed by atoms with Crippen molar-refractivity contribution >= 4 is 44.8 Å². The van der Waals surface area contributed by atoms with Gasteiger partial charge in [0.2, 0.25) is 11.8 Å². The molecule has 0 atom stereocenters. The Balaban J connectivity index is 1.19. The second kappa shape index (κ2) is 11.4. The van der Waals surface area contributed by atoms with Crippen molar-refractivity contribution in [2.45, 2.75) is 25.7 Å². The Kier molecular flexibility index (Phi) is 8.06. The molecule has 0 bridgehead atoms. The van der Waals surface area contributed by atoms with E-state index in [4.69, 9.17) is 0 Å². The summed E-state index contributed by atoms with van der Waals surface area (Å²) in [5.41, 5.74) is 0.845. The van der Waals surface area contributed by atoms with E-state index in [2.05, 4.69) is 20.6 Å². The van der Waals surface area contributed by atoms with Crippen LogP contribution in [0.5, 0.6) is 0 Å². The standard InChI is InChI=1S/C24H18F4N4O2S2/c25-13-5-7-15(17(27)9-13)19-11-35-23(29-19)31-21(33)3-1-2-4-22(34)32-24-30-20(12-36-24)16-8-6-14(26)10-18(16)28/h5-12H,1-4H2,(H,29,31,33)(H,30,32,34). The SMILES string of the molecule is O=C(CCCCC(=O)Nc1nc(-c2ccc(F)cc2F)cs1)Nc1nc(-c2ccc(F)cc2F)cs1. The maximum absolute atomic E-state index is 13.9. The van der Waals surface area contributed by atoms with Crippen LogP contribution in [0.15, 0.2) is 47.2 Å². The molecule has 0 fully saturated rings. The number of benzene rings is 2. The van der Waals surface area contributed by atoms with Crippen LogP contribution in [0.2, 0.25) is 0 Å². The lowest BCUT2D eigenvalue weighted by molar-refractivity contribution is -0.118. The fraction of sp³-hybridized carbons (Fsp3) is 0.167. The zero-order valence-corrected chi connectivity index (χ0v) is 20.1. The second-order valence-electron chi connectivity index (χ2n) is 7.63. The van der Waals surface area contributed by atoms with Gasteiger partial charge in [-0.05, 0) is 37.1 Å². The summed E-state index contributed by atoms with van der Waals surface area (Å²) in [6.07, 6.45) is 1.18. The number of thiazole rings is 2. The Morgan fingerprint density at radius 1 is 0.694 bits per heavy atom. The lowest BCUT2D eigenvalue weighted by Crippen LogP contribution is -2.13. The van der Waals surface area contributed by atoms with Gasteiger partial charge in [0.25, 0.3) is 0 Å². The number of halogens is 4. The highest BCUT2D eigenvalue weighted by Gasteiger charge is 2.14. The first-order chi connectivity index (χ1) is 17.3. The number of hydrogen-bond acceptors (Lipinski definition) is 6. The van der Waals surface area contributed by atoms with Crippen molar-refractivity contribution in [2.24, 2.45) is 0 Å². The van der Waals surface area contributed by atoms with Gasteiger partial charge < -0.3 is 10.6 Å². The number of carbonyl (C=O) groups is 2. The Labute approximate surface area is 211 Å². The predicted molar refractivity (Wildman–Crippen MR) is 131 cm³/mol. The third-order valence-corrected chi connectivity index (χ3v) is 6.49. The maximum Gasteiger partial charge on any atom is 0.226 e. The van der Waals surface area contributed by atoms with Crippen LogP contribution >= 0.6 is 22.7 Å². The molecule has 0 aliphatic carbocycles. The molecule has 2 aromatic heterocycles. The van der Waals surface area contributed by atoms with Crippen LogP contribution in [0.25, 0.3) is 22.5 Å². The van der Waals surface area contributed by atoms with Gasteiger partial charge in [0.05, 0.1) is 11.4 Å². The van der Waals surface area contributed by atoms with Crippen molar-refractivity contribution in [1.29, 1.82) is 0 Å². The van der Waals surface area contributed by atoms with E-state index in [0.717, 1.165) is 46.9 Å². The van der Waals surface area contributed by atoms with Gasteiger partial charge in [-0.25, -0.2) is 27.5 Å². The van der Waals surface area contributed by atoms with Gasteiger partial charge in [-0.3, -0.25) is 9.59 Å². The number of anilines is 2. The number of nitrogens with zero attached hydrogens (tertiary/aromatic N) is 2. The lowest BCUT2D eigenvalue weighted by atomic mass is 10.1. The molecule has 2 amide bonds. The number of nitrogens with one attached hydrogen (secondary N) is 2. The summed E-state index contributed by atoms with van der Waals surface area (Å²) in [4.78, 5) is 32.6. The number of hydrogen-bond donors (Lipinski definition) is 2. The third kappa shape index (κ3) is 6.52. The molecule has 0 unspecified atom stereocenters. The van der Waals surface area contributed by atoms with Crippen LogP contribution in [-0.4, -0.2) is 21.8 Å². The number of unbranched alkanes of at least 4 members (excludes halogenated alkanes) is 1. The zero-order chi connectivity index (χ0) is 25.7. The van der Waals surface area contributed by atoms with Crippen LogP contribution in [0.3, 0.4) is 0 Å². The first-order valence-electron chi connectivity index (χ1n) is 10.7. The molecule has 4 rings (SSSR count). The molecule has 2 heterocycles. The molecule has 0 spiro atoms.